The van der Waals surface area contributed by atoms with Crippen LogP contribution >= 0.6 is 0 Å². The number of benzene rings is 1. The molecule has 0 bridgehead atoms. The molecule has 1 aromatic rings. The van der Waals surface area contributed by atoms with E-state index in [2.05, 4.69) is 42.3 Å². The van der Waals surface area contributed by atoms with Gasteiger partial charge in [-0.25, -0.2) is 0 Å². The van der Waals surface area contributed by atoms with Gasteiger partial charge in [-0.1, -0.05) is 36.9 Å². The van der Waals surface area contributed by atoms with E-state index in [4.69, 9.17) is 8.85 Å². The van der Waals surface area contributed by atoms with Crippen LogP contribution in [-0.2, 0) is 15.4 Å². The maximum absolute atomic E-state index is 5.49. The SMILES string of the molecule is C=CN(CCC[Si](C)(OC)OC)Cc1ccccc1. The van der Waals surface area contributed by atoms with Gasteiger partial charge in [0.1, 0.15) is 0 Å². The molecule has 0 saturated carbocycles. The van der Waals surface area contributed by atoms with Crippen molar-refractivity contribution in [1.29, 1.82) is 0 Å². The minimum Gasteiger partial charge on any atom is -0.398 e. The van der Waals surface area contributed by atoms with Gasteiger partial charge in [-0.05, 0) is 30.8 Å². The van der Waals surface area contributed by atoms with Crippen LogP contribution in [0.5, 0.6) is 0 Å². The van der Waals surface area contributed by atoms with Gasteiger partial charge in [0, 0.05) is 27.3 Å². The van der Waals surface area contributed by atoms with Crippen LogP contribution in [0.2, 0.25) is 12.6 Å². The Morgan fingerprint density at radius 3 is 2.37 bits per heavy atom. The van der Waals surface area contributed by atoms with Gasteiger partial charge < -0.3 is 13.8 Å². The minimum absolute atomic E-state index is 0.905. The fourth-order valence-electron chi connectivity index (χ4n) is 1.94. The lowest BCUT2D eigenvalue weighted by Gasteiger charge is -2.25. The van der Waals surface area contributed by atoms with Crippen molar-refractivity contribution in [2.45, 2.75) is 25.6 Å². The van der Waals surface area contributed by atoms with Crippen molar-refractivity contribution >= 4 is 8.56 Å². The predicted molar refractivity (Wildman–Crippen MR) is 82.1 cm³/mol. The van der Waals surface area contributed by atoms with Crippen molar-refractivity contribution in [2.75, 3.05) is 20.8 Å². The molecule has 106 valence electrons. The highest BCUT2D eigenvalue weighted by Gasteiger charge is 2.27. The summed E-state index contributed by atoms with van der Waals surface area (Å²) in [5.74, 6) is 0. The van der Waals surface area contributed by atoms with E-state index in [0.717, 1.165) is 25.6 Å². The Morgan fingerprint density at radius 1 is 1.21 bits per heavy atom. The summed E-state index contributed by atoms with van der Waals surface area (Å²) < 4.78 is 11.0. The molecule has 0 aromatic heterocycles. The van der Waals surface area contributed by atoms with E-state index in [-0.39, 0.29) is 0 Å². The number of hydrogen-bond donors (Lipinski definition) is 0. The molecular formula is C15H25NO2Si. The smallest absolute Gasteiger partial charge is 0.334 e. The molecule has 3 nitrogen and oxygen atoms in total. The third-order valence-electron chi connectivity index (χ3n) is 3.43. The van der Waals surface area contributed by atoms with E-state index in [1.807, 2.05) is 12.3 Å². The maximum Gasteiger partial charge on any atom is 0.334 e. The molecule has 0 spiro atoms. The van der Waals surface area contributed by atoms with E-state index < -0.39 is 8.56 Å². The van der Waals surface area contributed by atoms with Crippen LogP contribution in [0.3, 0.4) is 0 Å². The number of nitrogens with zero attached hydrogens (tertiary/aromatic N) is 1. The summed E-state index contributed by atoms with van der Waals surface area (Å²) in [6.45, 7) is 7.87. The number of rotatable bonds is 9. The summed E-state index contributed by atoms with van der Waals surface area (Å²) in [5.41, 5.74) is 1.31. The highest BCUT2D eigenvalue weighted by molar-refractivity contribution is 6.65. The summed E-state index contributed by atoms with van der Waals surface area (Å²) in [6.07, 6.45) is 2.97. The molecule has 0 fully saturated rings. The van der Waals surface area contributed by atoms with Gasteiger partial charge >= 0.3 is 8.56 Å². The Bertz CT molecular complexity index is 366. The van der Waals surface area contributed by atoms with Crippen molar-refractivity contribution in [1.82, 2.24) is 4.90 Å². The second kappa shape index (κ2) is 8.14. The molecule has 1 rings (SSSR count). The summed E-state index contributed by atoms with van der Waals surface area (Å²) in [6, 6.07) is 11.4. The third kappa shape index (κ3) is 5.59. The van der Waals surface area contributed by atoms with Gasteiger partial charge in [0.2, 0.25) is 0 Å². The lowest BCUT2D eigenvalue weighted by atomic mass is 10.2. The van der Waals surface area contributed by atoms with E-state index in [1.165, 1.54) is 5.56 Å². The molecule has 0 unspecified atom stereocenters. The van der Waals surface area contributed by atoms with Crippen molar-refractivity contribution in [2.24, 2.45) is 0 Å². The largest absolute Gasteiger partial charge is 0.398 e. The molecule has 4 heteroatoms. The molecule has 19 heavy (non-hydrogen) atoms. The monoisotopic (exact) mass is 279 g/mol. The summed E-state index contributed by atoms with van der Waals surface area (Å²) in [5, 5.41) is 0. The Morgan fingerprint density at radius 2 is 1.84 bits per heavy atom. The van der Waals surface area contributed by atoms with Crippen LogP contribution in [0.15, 0.2) is 43.1 Å². The summed E-state index contributed by atoms with van der Waals surface area (Å²) in [4.78, 5) is 2.23. The van der Waals surface area contributed by atoms with Crippen LogP contribution in [0.1, 0.15) is 12.0 Å². The Labute approximate surface area is 118 Å². The van der Waals surface area contributed by atoms with Crippen LogP contribution in [-0.4, -0.2) is 34.2 Å². The van der Waals surface area contributed by atoms with Crippen molar-refractivity contribution in [3.05, 3.63) is 48.7 Å². The Balaban J connectivity index is 2.39. The average molecular weight is 279 g/mol. The molecule has 0 N–H and O–H groups in total. The van der Waals surface area contributed by atoms with Gasteiger partial charge in [0.25, 0.3) is 0 Å². The molecule has 0 heterocycles. The third-order valence-corrected chi connectivity index (χ3v) is 6.42. The van der Waals surface area contributed by atoms with Gasteiger partial charge in [-0.15, -0.1) is 0 Å². The first-order valence-corrected chi connectivity index (χ1v) is 9.17. The Hall–Kier alpha value is -1.10. The lowest BCUT2D eigenvalue weighted by Crippen LogP contribution is -2.36. The first kappa shape index (κ1) is 16.0. The second-order valence-electron chi connectivity index (χ2n) is 4.78. The standard InChI is InChI=1S/C15H25NO2Si/c1-5-16(14-15-10-7-6-8-11-15)12-9-13-19(4,17-2)18-3/h5-8,10-11H,1,9,12-14H2,2-4H3. The minimum atomic E-state index is -1.93. The average Bonchev–Trinajstić information content (AvgIpc) is 2.47. The van der Waals surface area contributed by atoms with E-state index >= 15 is 0 Å². The quantitative estimate of drug-likeness (QED) is 0.647. The summed E-state index contributed by atoms with van der Waals surface area (Å²) >= 11 is 0. The topological polar surface area (TPSA) is 21.7 Å². The molecule has 1 aromatic carbocycles. The van der Waals surface area contributed by atoms with Crippen LogP contribution < -0.4 is 0 Å². The Kier molecular flexibility index (Phi) is 6.84. The van der Waals surface area contributed by atoms with Crippen molar-refractivity contribution in [3.8, 4) is 0 Å². The van der Waals surface area contributed by atoms with Gasteiger partial charge in [-0.2, -0.15) is 0 Å². The molecule has 0 amide bonds. The van der Waals surface area contributed by atoms with E-state index in [1.54, 1.807) is 14.2 Å². The van der Waals surface area contributed by atoms with Crippen molar-refractivity contribution in [3.63, 3.8) is 0 Å². The van der Waals surface area contributed by atoms with Crippen LogP contribution in [0.4, 0.5) is 0 Å². The second-order valence-corrected chi connectivity index (χ2v) is 8.37. The van der Waals surface area contributed by atoms with Crippen molar-refractivity contribution < 1.29 is 8.85 Å². The zero-order chi connectivity index (χ0) is 14.1. The molecule has 0 aliphatic heterocycles. The first-order chi connectivity index (χ1) is 9.13. The predicted octanol–water partition coefficient (Wildman–Crippen LogP) is 3.39. The molecule has 0 saturated heterocycles. The fourth-order valence-corrected chi connectivity index (χ4v) is 3.32. The number of hydrogen-bond acceptors (Lipinski definition) is 3. The molecule has 0 aliphatic rings. The molecule has 0 atom stereocenters. The van der Waals surface area contributed by atoms with Crippen LogP contribution in [0.25, 0.3) is 0 Å². The lowest BCUT2D eigenvalue weighted by molar-refractivity contribution is 0.245. The zero-order valence-electron chi connectivity index (χ0n) is 12.3. The van der Waals surface area contributed by atoms with E-state index in [9.17, 15) is 0 Å². The van der Waals surface area contributed by atoms with Gasteiger partial charge in [0.15, 0.2) is 0 Å². The van der Waals surface area contributed by atoms with E-state index in [0.29, 0.717) is 0 Å². The maximum atomic E-state index is 5.49. The van der Waals surface area contributed by atoms with Gasteiger partial charge in [0.05, 0.1) is 0 Å². The summed E-state index contributed by atoms with van der Waals surface area (Å²) in [7, 11) is 1.55. The highest BCUT2D eigenvalue weighted by Crippen LogP contribution is 2.15. The molecular weight excluding hydrogens is 254 g/mol. The zero-order valence-corrected chi connectivity index (χ0v) is 13.3. The molecule has 0 aliphatic carbocycles. The normalized spacial score (nSPS) is 11.3. The van der Waals surface area contributed by atoms with Crippen LogP contribution in [0, 0.1) is 0 Å². The first-order valence-electron chi connectivity index (χ1n) is 6.64. The fraction of sp³-hybridized carbons (Fsp3) is 0.467. The highest BCUT2D eigenvalue weighted by atomic mass is 28.4. The van der Waals surface area contributed by atoms with Gasteiger partial charge in [-0.3, -0.25) is 0 Å². The molecule has 0 radical (unpaired) electrons.